The minimum absolute atomic E-state index is 0.00847. The molecule has 2 amide bonds. The number of amides is 2. The van der Waals surface area contributed by atoms with Gasteiger partial charge >= 0.3 is 0 Å². The van der Waals surface area contributed by atoms with E-state index in [0.29, 0.717) is 31.5 Å². The van der Waals surface area contributed by atoms with E-state index in [2.05, 4.69) is 5.32 Å². The fourth-order valence-corrected chi connectivity index (χ4v) is 2.41. The van der Waals surface area contributed by atoms with E-state index in [1.165, 1.54) is 6.92 Å². The van der Waals surface area contributed by atoms with E-state index in [1.807, 2.05) is 30.3 Å². The summed E-state index contributed by atoms with van der Waals surface area (Å²) >= 11 is 11.5. The van der Waals surface area contributed by atoms with Gasteiger partial charge in [0, 0.05) is 24.7 Å². The van der Waals surface area contributed by atoms with Crippen molar-refractivity contribution in [3.8, 4) is 0 Å². The molecule has 21 heavy (non-hydrogen) atoms. The molecule has 0 radical (unpaired) electrons. The van der Waals surface area contributed by atoms with Crippen molar-refractivity contribution in [3.63, 3.8) is 0 Å². The third kappa shape index (κ3) is 4.35. The van der Waals surface area contributed by atoms with Crippen molar-refractivity contribution in [2.75, 3.05) is 13.1 Å². The van der Waals surface area contributed by atoms with Crippen LogP contribution in [0, 0.1) is 0 Å². The van der Waals surface area contributed by atoms with E-state index in [9.17, 15) is 9.59 Å². The Morgan fingerprint density at radius 2 is 1.76 bits per heavy atom. The molecule has 0 unspecified atom stereocenters. The van der Waals surface area contributed by atoms with Gasteiger partial charge in [-0.2, -0.15) is 0 Å². The Bertz CT molecular complexity index is 506. The Labute approximate surface area is 134 Å². The third-order valence-electron chi connectivity index (χ3n) is 3.54. The average Bonchev–Trinajstić information content (AvgIpc) is 2.47. The van der Waals surface area contributed by atoms with Gasteiger partial charge in [-0.15, -0.1) is 0 Å². The van der Waals surface area contributed by atoms with Crippen LogP contribution < -0.4 is 5.32 Å². The average molecular weight is 329 g/mol. The van der Waals surface area contributed by atoms with Crippen LogP contribution in [0.5, 0.6) is 0 Å². The summed E-state index contributed by atoms with van der Waals surface area (Å²) in [6.07, 6.45) is 1.41. The number of hydrogen-bond donors (Lipinski definition) is 1. The lowest BCUT2D eigenvalue weighted by molar-refractivity contribution is -0.122. The first kappa shape index (κ1) is 16.1. The second kappa shape index (κ2) is 6.67. The second-order valence-corrected chi connectivity index (χ2v) is 7.00. The number of alkyl halides is 2. The van der Waals surface area contributed by atoms with Crippen LogP contribution in [0.4, 0.5) is 0 Å². The number of hydrogen-bond acceptors (Lipinski definition) is 2. The molecule has 1 aliphatic heterocycles. The zero-order chi connectivity index (χ0) is 15.5. The Morgan fingerprint density at radius 1 is 1.19 bits per heavy atom. The summed E-state index contributed by atoms with van der Waals surface area (Å²) < 4.78 is -1.42. The fourth-order valence-electron chi connectivity index (χ4n) is 2.30. The van der Waals surface area contributed by atoms with Gasteiger partial charge in [0.05, 0.1) is 0 Å². The van der Waals surface area contributed by atoms with E-state index >= 15 is 0 Å². The van der Waals surface area contributed by atoms with Crippen molar-refractivity contribution in [2.45, 2.75) is 30.1 Å². The summed E-state index contributed by atoms with van der Waals surface area (Å²) in [5.74, 6) is -0.362. The molecule has 1 aliphatic rings. The van der Waals surface area contributed by atoms with Gasteiger partial charge in [0.2, 0.25) is 0 Å². The van der Waals surface area contributed by atoms with Gasteiger partial charge in [0.15, 0.2) is 4.33 Å². The monoisotopic (exact) mass is 328 g/mol. The number of nitrogens with zero attached hydrogens (tertiary/aromatic N) is 1. The van der Waals surface area contributed by atoms with Gasteiger partial charge in [0.25, 0.3) is 11.8 Å². The van der Waals surface area contributed by atoms with Crippen molar-refractivity contribution < 1.29 is 9.59 Å². The van der Waals surface area contributed by atoms with Crippen molar-refractivity contribution in [3.05, 3.63) is 35.9 Å². The quantitative estimate of drug-likeness (QED) is 0.867. The zero-order valence-electron chi connectivity index (χ0n) is 11.8. The number of piperidine rings is 1. The van der Waals surface area contributed by atoms with Crippen LogP contribution in [-0.2, 0) is 4.79 Å². The molecule has 0 bridgehead atoms. The van der Waals surface area contributed by atoms with Crippen LogP contribution in [-0.4, -0.2) is 40.2 Å². The first-order chi connectivity index (χ1) is 9.88. The number of carbonyl (C=O) groups excluding carboxylic acids is 2. The molecule has 1 N–H and O–H groups in total. The first-order valence-corrected chi connectivity index (χ1v) is 7.66. The minimum atomic E-state index is -1.42. The molecule has 1 aromatic carbocycles. The topological polar surface area (TPSA) is 49.4 Å². The molecule has 0 atom stereocenters. The molecule has 1 aromatic rings. The highest BCUT2D eigenvalue weighted by molar-refractivity contribution is 6.57. The largest absolute Gasteiger partial charge is 0.351 e. The molecule has 1 saturated heterocycles. The number of halogens is 2. The summed E-state index contributed by atoms with van der Waals surface area (Å²) in [5.41, 5.74) is 0.689. The molecule has 114 valence electrons. The maximum atomic E-state index is 12.3. The van der Waals surface area contributed by atoms with Crippen LogP contribution in [0.1, 0.15) is 30.1 Å². The van der Waals surface area contributed by atoms with E-state index in [4.69, 9.17) is 23.2 Å². The third-order valence-corrected chi connectivity index (χ3v) is 3.88. The maximum Gasteiger partial charge on any atom is 0.256 e. The van der Waals surface area contributed by atoms with Crippen molar-refractivity contribution in [1.29, 1.82) is 0 Å². The summed E-state index contributed by atoms with van der Waals surface area (Å²) in [5, 5.41) is 2.82. The van der Waals surface area contributed by atoms with Crippen LogP contribution >= 0.6 is 23.2 Å². The maximum absolute atomic E-state index is 12.3. The number of likely N-dealkylation sites (tertiary alicyclic amines) is 1. The van der Waals surface area contributed by atoms with Crippen molar-refractivity contribution >= 4 is 35.0 Å². The summed E-state index contributed by atoms with van der Waals surface area (Å²) in [7, 11) is 0. The first-order valence-electron chi connectivity index (χ1n) is 6.91. The van der Waals surface area contributed by atoms with Gasteiger partial charge < -0.3 is 10.2 Å². The SMILES string of the molecule is CC(Cl)(Cl)C(=O)NC1CCN(C(=O)c2ccccc2)CC1. The molecule has 4 nitrogen and oxygen atoms in total. The molecule has 2 rings (SSSR count). The molecule has 6 heteroatoms. The van der Waals surface area contributed by atoms with Crippen LogP contribution in [0.15, 0.2) is 30.3 Å². The highest BCUT2D eigenvalue weighted by Gasteiger charge is 2.31. The number of benzene rings is 1. The molecule has 0 aliphatic carbocycles. The van der Waals surface area contributed by atoms with Gasteiger partial charge in [-0.05, 0) is 31.9 Å². The molecule has 1 fully saturated rings. The van der Waals surface area contributed by atoms with Gasteiger partial charge in [-0.3, -0.25) is 9.59 Å². The number of nitrogens with one attached hydrogen (secondary N) is 1. The Morgan fingerprint density at radius 3 is 2.29 bits per heavy atom. The predicted molar refractivity (Wildman–Crippen MR) is 83.6 cm³/mol. The second-order valence-electron chi connectivity index (χ2n) is 5.29. The van der Waals surface area contributed by atoms with E-state index in [0.717, 1.165) is 0 Å². The van der Waals surface area contributed by atoms with E-state index in [-0.39, 0.29) is 11.9 Å². The highest BCUT2D eigenvalue weighted by Crippen LogP contribution is 2.21. The van der Waals surface area contributed by atoms with Gasteiger partial charge in [-0.25, -0.2) is 0 Å². The number of carbonyl (C=O) groups is 2. The Balaban J connectivity index is 1.86. The lowest BCUT2D eigenvalue weighted by Gasteiger charge is -2.33. The summed E-state index contributed by atoms with van der Waals surface area (Å²) in [6.45, 7) is 2.67. The lowest BCUT2D eigenvalue weighted by Crippen LogP contribution is -2.49. The van der Waals surface area contributed by atoms with Crippen LogP contribution in [0.2, 0.25) is 0 Å². The molecular weight excluding hydrogens is 311 g/mol. The molecule has 0 aromatic heterocycles. The minimum Gasteiger partial charge on any atom is -0.351 e. The Kier molecular flexibility index (Phi) is 5.12. The van der Waals surface area contributed by atoms with Crippen molar-refractivity contribution in [2.24, 2.45) is 0 Å². The summed E-state index contributed by atoms with van der Waals surface area (Å²) in [4.78, 5) is 25.8. The van der Waals surface area contributed by atoms with E-state index < -0.39 is 10.2 Å². The predicted octanol–water partition coefficient (Wildman–Crippen LogP) is 2.60. The Hall–Kier alpha value is -1.26. The highest BCUT2D eigenvalue weighted by atomic mass is 35.5. The lowest BCUT2D eigenvalue weighted by atomic mass is 10.0. The number of rotatable bonds is 3. The van der Waals surface area contributed by atoms with Crippen molar-refractivity contribution in [1.82, 2.24) is 10.2 Å². The molecular formula is C15H18Cl2N2O2. The summed E-state index contributed by atoms with van der Waals surface area (Å²) in [6, 6.07) is 9.21. The van der Waals surface area contributed by atoms with E-state index in [1.54, 1.807) is 4.90 Å². The normalized spacial score (nSPS) is 16.6. The molecule has 1 heterocycles. The van der Waals surface area contributed by atoms with Gasteiger partial charge in [0.1, 0.15) is 0 Å². The standard InChI is InChI=1S/C15H18Cl2N2O2/c1-15(16,17)14(21)18-12-7-9-19(10-8-12)13(20)11-5-3-2-4-6-11/h2-6,12H,7-10H2,1H3,(H,18,21). The van der Waals surface area contributed by atoms with Gasteiger partial charge in [-0.1, -0.05) is 41.4 Å². The smallest absolute Gasteiger partial charge is 0.256 e. The molecule has 0 saturated carbocycles. The molecule has 0 spiro atoms. The van der Waals surface area contributed by atoms with Crippen LogP contribution in [0.3, 0.4) is 0 Å². The fraction of sp³-hybridized carbons (Fsp3) is 0.467. The van der Waals surface area contributed by atoms with Crippen LogP contribution in [0.25, 0.3) is 0 Å². The zero-order valence-corrected chi connectivity index (χ0v) is 13.3.